The van der Waals surface area contributed by atoms with Gasteiger partial charge in [0.05, 0.1) is 22.0 Å². The number of benzene rings is 1. The number of nitrogens with zero attached hydrogens (tertiary/aromatic N) is 4. The van der Waals surface area contributed by atoms with E-state index < -0.39 is 10.0 Å². The second kappa shape index (κ2) is 8.39. The van der Waals surface area contributed by atoms with E-state index in [2.05, 4.69) is 15.4 Å². The largest absolute Gasteiger partial charge is 0.322 e. The first-order valence-corrected chi connectivity index (χ1v) is 12.0. The van der Waals surface area contributed by atoms with Crippen molar-refractivity contribution >= 4 is 32.7 Å². The van der Waals surface area contributed by atoms with Crippen LogP contribution < -0.4 is 5.32 Å². The summed E-state index contributed by atoms with van der Waals surface area (Å²) in [5, 5.41) is 7.88. The molecule has 4 rings (SSSR count). The van der Waals surface area contributed by atoms with Gasteiger partial charge in [0.2, 0.25) is 10.0 Å². The van der Waals surface area contributed by atoms with Gasteiger partial charge in [-0.2, -0.15) is 9.40 Å². The highest BCUT2D eigenvalue weighted by atomic mass is 32.2. The average molecular weight is 442 g/mol. The molecule has 1 aromatic carbocycles. The third-order valence-corrected chi connectivity index (χ3v) is 7.37. The van der Waals surface area contributed by atoms with Crippen molar-refractivity contribution in [2.75, 3.05) is 18.4 Å². The van der Waals surface area contributed by atoms with Crippen molar-refractivity contribution in [3.63, 3.8) is 0 Å². The summed E-state index contributed by atoms with van der Waals surface area (Å²) in [5.74, 6) is -0.327. The number of aryl methyl sites for hydroxylation is 1. The van der Waals surface area contributed by atoms with E-state index in [1.807, 2.05) is 20.8 Å². The zero-order chi connectivity index (χ0) is 22.2. The van der Waals surface area contributed by atoms with Crippen LogP contribution in [0.4, 0.5) is 5.69 Å². The molecular formula is C22H27N5O3S. The molecule has 0 aliphatic carbocycles. The average Bonchev–Trinajstić information content (AvgIpc) is 3.18. The summed E-state index contributed by atoms with van der Waals surface area (Å²) in [7, 11) is -3.57. The maximum atomic E-state index is 13.1. The lowest BCUT2D eigenvalue weighted by molar-refractivity contribution is 0.102. The van der Waals surface area contributed by atoms with Crippen LogP contribution in [0, 0.1) is 6.92 Å². The summed E-state index contributed by atoms with van der Waals surface area (Å²) >= 11 is 0. The Hall–Kier alpha value is -2.78. The Morgan fingerprint density at radius 2 is 1.87 bits per heavy atom. The molecule has 31 heavy (non-hydrogen) atoms. The maximum absolute atomic E-state index is 13.1. The number of pyridine rings is 1. The van der Waals surface area contributed by atoms with E-state index >= 15 is 0 Å². The number of fused-ring (bicyclic) bond motifs is 1. The highest BCUT2D eigenvalue weighted by Crippen LogP contribution is 2.25. The summed E-state index contributed by atoms with van der Waals surface area (Å²) in [6.45, 7) is 6.91. The monoisotopic (exact) mass is 441 g/mol. The van der Waals surface area contributed by atoms with E-state index in [-0.39, 0.29) is 16.8 Å². The van der Waals surface area contributed by atoms with Gasteiger partial charge in [-0.3, -0.25) is 4.79 Å². The first-order valence-electron chi connectivity index (χ1n) is 10.5. The molecular weight excluding hydrogens is 414 g/mol. The third kappa shape index (κ3) is 4.20. The molecule has 3 aromatic rings. The predicted octanol–water partition coefficient (Wildman–Crippen LogP) is 3.75. The van der Waals surface area contributed by atoms with Crippen molar-refractivity contribution < 1.29 is 13.2 Å². The topological polar surface area (TPSA) is 97.2 Å². The van der Waals surface area contributed by atoms with Gasteiger partial charge in [0.15, 0.2) is 5.65 Å². The lowest BCUT2D eigenvalue weighted by atomic mass is 10.1. The van der Waals surface area contributed by atoms with Crippen LogP contribution in [0.25, 0.3) is 11.0 Å². The standard InChI is InChI=1S/C22H27N5O3S/c1-15(2)27-21-20(14-23-27)19(12-16(3)24-21)22(28)25-17-8-7-9-18(13-17)31(29,30)26-10-5-4-6-11-26/h7-9,12-15H,4-6,10-11H2,1-3H3,(H,25,28). The zero-order valence-corrected chi connectivity index (χ0v) is 18.8. The molecule has 2 aromatic heterocycles. The molecule has 1 fully saturated rings. The summed E-state index contributed by atoms with van der Waals surface area (Å²) in [6.07, 6.45) is 4.44. The Bertz CT molecular complexity index is 1230. The van der Waals surface area contributed by atoms with E-state index in [1.165, 1.54) is 10.4 Å². The number of sulfonamides is 1. The van der Waals surface area contributed by atoms with Crippen LogP contribution in [-0.4, -0.2) is 46.5 Å². The summed E-state index contributed by atoms with van der Waals surface area (Å²) in [5.41, 5.74) is 2.25. The fourth-order valence-electron chi connectivity index (χ4n) is 3.90. The summed E-state index contributed by atoms with van der Waals surface area (Å²) in [4.78, 5) is 17.8. The molecule has 9 heteroatoms. The highest BCUT2D eigenvalue weighted by molar-refractivity contribution is 7.89. The fraction of sp³-hybridized carbons (Fsp3) is 0.409. The first-order chi connectivity index (χ1) is 14.8. The van der Waals surface area contributed by atoms with Crippen LogP contribution in [0.1, 0.15) is 55.2 Å². The minimum atomic E-state index is -3.57. The smallest absolute Gasteiger partial charge is 0.256 e. The summed E-state index contributed by atoms with van der Waals surface area (Å²) < 4.78 is 29.3. The Kier molecular flexibility index (Phi) is 5.81. The molecule has 0 saturated carbocycles. The van der Waals surface area contributed by atoms with E-state index in [0.717, 1.165) is 19.3 Å². The number of aromatic nitrogens is 3. The lowest BCUT2D eigenvalue weighted by Crippen LogP contribution is -2.35. The highest BCUT2D eigenvalue weighted by Gasteiger charge is 2.26. The zero-order valence-electron chi connectivity index (χ0n) is 18.0. The van der Waals surface area contributed by atoms with Crippen molar-refractivity contribution in [2.24, 2.45) is 0 Å². The molecule has 0 unspecified atom stereocenters. The number of carbonyl (C=O) groups is 1. The van der Waals surface area contributed by atoms with Gasteiger partial charge in [-0.1, -0.05) is 12.5 Å². The second-order valence-corrected chi connectivity index (χ2v) is 10.1. The van der Waals surface area contributed by atoms with Crippen molar-refractivity contribution in [3.8, 4) is 0 Å². The van der Waals surface area contributed by atoms with Gasteiger partial charge >= 0.3 is 0 Å². The number of rotatable bonds is 5. The van der Waals surface area contributed by atoms with Gasteiger partial charge in [-0.15, -0.1) is 0 Å². The molecule has 1 amide bonds. The van der Waals surface area contributed by atoms with Gasteiger partial charge in [0.25, 0.3) is 5.91 Å². The maximum Gasteiger partial charge on any atom is 0.256 e. The Morgan fingerprint density at radius 3 is 2.58 bits per heavy atom. The lowest BCUT2D eigenvalue weighted by Gasteiger charge is -2.26. The number of hydrogen-bond acceptors (Lipinski definition) is 5. The molecule has 8 nitrogen and oxygen atoms in total. The third-order valence-electron chi connectivity index (χ3n) is 5.47. The molecule has 1 aliphatic heterocycles. The van der Waals surface area contributed by atoms with Gasteiger partial charge in [-0.25, -0.2) is 18.1 Å². The number of amides is 1. The van der Waals surface area contributed by atoms with Gasteiger partial charge in [0.1, 0.15) is 0 Å². The first kappa shape index (κ1) is 21.5. The molecule has 164 valence electrons. The molecule has 0 spiro atoms. The van der Waals surface area contributed by atoms with E-state index in [4.69, 9.17) is 0 Å². The Morgan fingerprint density at radius 1 is 1.13 bits per heavy atom. The van der Waals surface area contributed by atoms with Gasteiger partial charge in [-0.05, 0) is 57.9 Å². The van der Waals surface area contributed by atoms with Crippen molar-refractivity contribution in [2.45, 2.75) is 51.0 Å². The molecule has 0 atom stereocenters. The quantitative estimate of drug-likeness (QED) is 0.650. The molecule has 3 heterocycles. The molecule has 1 aliphatic rings. The van der Waals surface area contributed by atoms with Gasteiger partial charge in [0, 0.05) is 30.5 Å². The number of nitrogens with one attached hydrogen (secondary N) is 1. The van der Waals surface area contributed by atoms with Crippen LogP contribution in [0.15, 0.2) is 41.4 Å². The van der Waals surface area contributed by atoms with E-state index in [0.29, 0.717) is 41.1 Å². The normalized spacial score (nSPS) is 15.5. The van der Waals surface area contributed by atoms with E-state index in [1.54, 1.807) is 35.1 Å². The number of anilines is 1. The predicted molar refractivity (Wildman–Crippen MR) is 120 cm³/mol. The van der Waals surface area contributed by atoms with Crippen molar-refractivity contribution in [1.29, 1.82) is 0 Å². The van der Waals surface area contributed by atoms with E-state index in [9.17, 15) is 13.2 Å². The number of carbonyl (C=O) groups excluding carboxylic acids is 1. The van der Waals surface area contributed by atoms with Gasteiger partial charge < -0.3 is 5.32 Å². The summed E-state index contributed by atoms with van der Waals surface area (Å²) in [6, 6.07) is 8.26. The van der Waals surface area contributed by atoms with Crippen LogP contribution in [0.2, 0.25) is 0 Å². The van der Waals surface area contributed by atoms with Crippen LogP contribution in [0.3, 0.4) is 0 Å². The Balaban J connectivity index is 1.63. The van der Waals surface area contributed by atoms with Crippen LogP contribution >= 0.6 is 0 Å². The Labute approximate surface area is 182 Å². The molecule has 1 N–H and O–H groups in total. The van der Waals surface area contributed by atoms with Crippen LogP contribution in [0.5, 0.6) is 0 Å². The minimum Gasteiger partial charge on any atom is -0.322 e. The number of hydrogen-bond donors (Lipinski definition) is 1. The number of piperidine rings is 1. The fourth-order valence-corrected chi connectivity index (χ4v) is 5.46. The molecule has 0 bridgehead atoms. The van der Waals surface area contributed by atoms with Crippen molar-refractivity contribution in [1.82, 2.24) is 19.1 Å². The minimum absolute atomic E-state index is 0.111. The molecule has 0 radical (unpaired) electrons. The van der Waals surface area contributed by atoms with Crippen molar-refractivity contribution in [3.05, 3.63) is 47.8 Å². The second-order valence-electron chi connectivity index (χ2n) is 8.18. The van der Waals surface area contributed by atoms with Crippen LogP contribution in [-0.2, 0) is 10.0 Å². The SMILES string of the molecule is Cc1cc(C(=O)Nc2cccc(S(=O)(=O)N3CCCCC3)c2)c2cnn(C(C)C)c2n1. The molecule has 1 saturated heterocycles.